The minimum Gasteiger partial charge on any atom is -0.394 e. The lowest BCUT2D eigenvalue weighted by molar-refractivity contribution is -0.0437. The average molecular weight is 390 g/mol. The lowest BCUT2D eigenvalue weighted by Gasteiger charge is -2.32. The van der Waals surface area contributed by atoms with E-state index in [0.717, 1.165) is 18.4 Å². The minimum absolute atomic E-state index is 0.0112. The molecule has 0 aliphatic rings. The van der Waals surface area contributed by atoms with Gasteiger partial charge in [0.05, 0.1) is 0 Å². The van der Waals surface area contributed by atoms with Crippen LogP contribution in [0.5, 0.6) is 5.75 Å². The van der Waals surface area contributed by atoms with Crippen LogP contribution in [-0.2, 0) is 16.5 Å². The Hall–Kier alpha value is -1.34. The number of rotatable bonds is 6. The molecule has 0 radical (unpaired) electrons. The third kappa shape index (κ3) is 4.08. The Morgan fingerprint density at radius 2 is 1.76 bits per heavy atom. The number of hydrogen-bond donors (Lipinski definition) is 0. The number of halogens is 3. The van der Waals surface area contributed by atoms with Crippen LogP contribution in [0.25, 0.3) is 0 Å². The van der Waals surface area contributed by atoms with Crippen LogP contribution in [0.2, 0.25) is 0 Å². The first kappa shape index (κ1) is 20.0. The summed E-state index contributed by atoms with van der Waals surface area (Å²) in [5, 5.41) is 2.10. The highest BCUT2D eigenvalue weighted by molar-refractivity contribution is 7.81. The molecule has 0 amide bonds. The molecule has 0 saturated heterocycles. The number of hydrogen-bond acceptors (Lipinski definition) is 3. The maximum absolute atomic E-state index is 12.4. The Kier molecular flexibility index (Phi) is 5.99. The molecular formula is C18H21F3O2S2. The van der Waals surface area contributed by atoms with E-state index in [0.29, 0.717) is 5.56 Å². The van der Waals surface area contributed by atoms with Crippen LogP contribution < -0.4 is 4.18 Å². The summed E-state index contributed by atoms with van der Waals surface area (Å²) in [4.78, 5) is 1.24. The molecule has 25 heavy (non-hydrogen) atoms. The molecule has 1 aromatic carbocycles. The van der Waals surface area contributed by atoms with Gasteiger partial charge in [-0.25, -0.2) is 4.21 Å². The topological polar surface area (TPSA) is 26.3 Å². The first-order valence-corrected chi connectivity index (χ1v) is 9.93. The normalized spacial score (nSPS) is 13.7. The van der Waals surface area contributed by atoms with Gasteiger partial charge in [0.1, 0.15) is 5.75 Å². The second-order valence-electron chi connectivity index (χ2n) is 6.02. The molecule has 2 aromatic rings. The van der Waals surface area contributed by atoms with Crippen molar-refractivity contribution in [2.45, 2.75) is 51.5 Å². The summed E-state index contributed by atoms with van der Waals surface area (Å²) in [6, 6.07) is 7.26. The molecule has 1 aromatic heterocycles. The van der Waals surface area contributed by atoms with Crippen LogP contribution in [0.1, 0.15) is 48.3 Å². The molecule has 0 N–H and O–H groups in total. The van der Waals surface area contributed by atoms with Crippen LogP contribution in [0.3, 0.4) is 0 Å². The van der Waals surface area contributed by atoms with Crippen LogP contribution in [0, 0.1) is 13.8 Å². The maximum atomic E-state index is 12.4. The van der Waals surface area contributed by atoms with Gasteiger partial charge in [-0.2, -0.15) is 13.2 Å². The van der Waals surface area contributed by atoms with Gasteiger partial charge in [0.25, 0.3) is 0 Å². The molecule has 0 fully saturated rings. The van der Waals surface area contributed by atoms with Gasteiger partial charge in [-0.15, -0.1) is 11.3 Å². The standard InChI is InChI=1S/C18H21F3O2S2/c1-5-17(6-2,16-9-12(3)11-24-16)14-7-8-15(13(4)10-14)23-25(22)18(19,20)21/h7-11H,5-6H2,1-4H3. The van der Waals surface area contributed by atoms with Gasteiger partial charge in [-0.05, 0) is 60.9 Å². The minimum atomic E-state index is -4.89. The van der Waals surface area contributed by atoms with Gasteiger partial charge in [0.15, 0.2) is 0 Å². The zero-order valence-corrected chi connectivity index (χ0v) is 16.2. The predicted octanol–water partition coefficient (Wildman–Crippen LogP) is 6.03. The quantitative estimate of drug-likeness (QED) is 0.602. The van der Waals surface area contributed by atoms with E-state index in [4.69, 9.17) is 0 Å². The summed E-state index contributed by atoms with van der Waals surface area (Å²) >= 11 is -1.66. The zero-order chi connectivity index (χ0) is 18.8. The Morgan fingerprint density at radius 1 is 1.12 bits per heavy atom. The Bertz CT molecular complexity index is 762. The molecule has 7 heteroatoms. The second-order valence-corrected chi connectivity index (χ2v) is 8.03. The largest absolute Gasteiger partial charge is 0.508 e. The van der Waals surface area contributed by atoms with Crippen molar-refractivity contribution in [1.82, 2.24) is 0 Å². The zero-order valence-electron chi connectivity index (χ0n) is 14.6. The third-order valence-corrected chi connectivity index (χ3v) is 6.45. The molecule has 0 aliphatic heterocycles. The average Bonchev–Trinajstić information content (AvgIpc) is 2.97. The van der Waals surface area contributed by atoms with Crippen molar-refractivity contribution in [2.75, 3.05) is 0 Å². The summed E-state index contributed by atoms with van der Waals surface area (Å²) in [7, 11) is 0. The van der Waals surface area contributed by atoms with E-state index >= 15 is 0 Å². The SMILES string of the molecule is CCC(CC)(c1ccc(OS(=O)C(F)(F)F)c(C)c1)c1cc(C)cs1. The van der Waals surface area contributed by atoms with Crippen LogP contribution in [0.4, 0.5) is 13.2 Å². The molecular weight excluding hydrogens is 369 g/mol. The fourth-order valence-corrected chi connectivity index (χ4v) is 4.71. The molecule has 0 spiro atoms. The lowest BCUT2D eigenvalue weighted by atomic mass is 9.74. The van der Waals surface area contributed by atoms with E-state index in [1.807, 2.05) is 13.0 Å². The van der Waals surface area contributed by atoms with Crippen molar-refractivity contribution >= 4 is 22.4 Å². The van der Waals surface area contributed by atoms with Crippen molar-refractivity contribution in [2.24, 2.45) is 0 Å². The highest BCUT2D eigenvalue weighted by Gasteiger charge is 2.40. The smallest absolute Gasteiger partial charge is 0.394 e. The highest BCUT2D eigenvalue weighted by atomic mass is 32.2. The number of aryl methyl sites for hydroxylation is 2. The molecule has 2 nitrogen and oxygen atoms in total. The molecule has 2 rings (SSSR count). The predicted molar refractivity (Wildman–Crippen MR) is 96.4 cm³/mol. The van der Waals surface area contributed by atoms with Crippen molar-refractivity contribution in [3.63, 3.8) is 0 Å². The Morgan fingerprint density at radius 3 is 2.20 bits per heavy atom. The molecule has 138 valence electrons. The van der Waals surface area contributed by atoms with Crippen molar-refractivity contribution < 1.29 is 21.6 Å². The fraction of sp³-hybridized carbons (Fsp3) is 0.444. The number of alkyl halides is 3. The Labute approximate surface area is 152 Å². The van der Waals surface area contributed by atoms with E-state index in [2.05, 4.69) is 29.5 Å². The fourth-order valence-electron chi connectivity index (χ4n) is 3.00. The Balaban J connectivity index is 2.42. The van der Waals surface area contributed by atoms with Gasteiger partial charge in [0.2, 0.25) is 0 Å². The third-order valence-electron chi connectivity index (χ3n) is 4.49. The van der Waals surface area contributed by atoms with Gasteiger partial charge in [0, 0.05) is 10.3 Å². The van der Waals surface area contributed by atoms with E-state index in [1.165, 1.54) is 16.5 Å². The summed E-state index contributed by atoms with van der Waals surface area (Å²) < 4.78 is 53.1. The number of thiophene rings is 1. The van der Waals surface area contributed by atoms with Gasteiger partial charge < -0.3 is 4.18 Å². The maximum Gasteiger partial charge on any atom is 0.508 e. The molecule has 0 saturated carbocycles. The van der Waals surface area contributed by atoms with Crippen LogP contribution in [0.15, 0.2) is 29.6 Å². The van der Waals surface area contributed by atoms with Gasteiger partial charge >= 0.3 is 16.6 Å². The second kappa shape index (κ2) is 7.50. The van der Waals surface area contributed by atoms with Crippen molar-refractivity contribution in [3.05, 3.63) is 51.2 Å². The summed E-state index contributed by atoms with van der Waals surface area (Å²) in [6.07, 6.45) is 1.75. The lowest BCUT2D eigenvalue weighted by Crippen LogP contribution is -2.25. The van der Waals surface area contributed by atoms with Crippen molar-refractivity contribution in [3.8, 4) is 5.75 Å². The molecule has 1 unspecified atom stereocenters. The van der Waals surface area contributed by atoms with Gasteiger partial charge in [-0.3, -0.25) is 0 Å². The summed E-state index contributed by atoms with van der Waals surface area (Å²) in [6.45, 7) is 7.93. The summed E-state index contributed by atoms with van der Waals surface area (Å²) in [5.74, 6) is -0.0112. The van der Waals surface area contributed by atoms with Crippen LogP contribution in [-0.4, -0.2) is 9.72 Å². The first-order chi connectivity index (χ1) is 11.6. The first-order valence-electron chi connectivity index (χ1n) is 7.97. The van der Waals surface area contributed by atoms with E-state index in [1.54, 1.807) is 24.3 Å². The molecule has 0 aliphatic carbocycles. The van der Waals surface area contributed by atoms with Crippen LogP contribution >= 0.6 is 11.3 Å². The van der Waals surface area contributed by atoms with Crippen molar-refractivity contribution in [1.29, 1.82) is 0 Å². The van der Waals surface area contributed by atoms with E-state index in [-0.39, 0.29) is 11.2 Å². The van der Waals surface area contributed by atoms with E-state index < -0.39 is 16.6 Å². The summed E-state index contributed by atoms with van der Waals surface area (Å²) in [5.41, 5.74) is -2.32. The molecule has 0 bridgehead atoms. The highest BCUT2D eigenvalue weighted by Crippen LogP contribution is 2.43. The number of benzene rings is 1. The monoisotopic (exact) mass is 390 g/mol. The van der Waals surface area contributed by atoms with Gasteiger partial charge in [-0.1, -0.05) is 26.0 Å². The van der Waals surface area contributed by atoms with E-state index in [9.17, 15) is 17.4 Å². The molecule has 1 atom stereocenters. The molecule has 1 heterocycles.